The predicted octanol–water partition coefficient (Wildman–Crippen LogP) is 3.20. The zero-order valence-electron chi connectivity index (χ0n) is 17.0. The fourth-order valence-electron chi connectivity index (χ4n) is 3.14. The van der Waals surface area contributed by atoms with Crippen LogP contribution in [0.1, 0.15) is 18.9 Å². The van der Waals surface area contributed by atoms with Crippen molar-refractivity contribution in [3.8, 4) is 17.0 Å². The van der Waals surface area contributed by atoms with E-state index < -0.39 is 11.4 Å². The van der Waals surface area contributed by atoms with Gasteiger partial charge >= 0.3 is 0 Å². The largest absolute Gasteiger partial charge is 0.496 e. The molecular formula is C23H24FN3O3. The fourth-order valence-corrected chi connectivity index (χ4v) is 3.14. The molecule has 3 rings (SSSR count). The second-order valence-corrected chi connectivity index (χ2v) is 7.05. The minimum absolute atomic E-state index is 0.0474. The summed E-state index contributed by atoms with van der Waals surface area (Å²) in [6, 6.07) is 16.9. The second-order valence-electron chi connectivity index (χ2n) is 7.05. The van der Waals surface area contributed by atoms with Gasteiger partial charge in [-0.05, 0) is 43.5 Å². The Bertz CT molecular complexity index is 1070. The number of ether oxygens (including phenoxy) is 1. The molecule has 1 amide bonds. The smallest absolute Gasteiger partial charge is 0.267 e. The molecule has 0 fully saturated rings. The number of hydrogen-bond acceptors (Lipinski definition) is 4. The Kier molecular flexibility index (Phi) is 6.95. The van der Waals surface area contributed by atoms with E-state index in [0.717, 1.165) is 17.5 Å². The molecule has 2 aromatic carbocycles. The van der Waals surface area contributed by atoms with Gasteiger partial charge in [-0.2, -0.15) is 5.10 Å². The van der Waals surface area contributed by atoms with Gasteiger partial charge in [0.15, 0.2) is 0 Å². The van der Waals surface area contributed by atoms with Crippen LogP contribution in [0.25, 0.3) is 11.3 Å². The third-order valence-electron chi connectivity index (χ3n) is 4.72. The lowest BCUT2D eigenvalue weighted by atomic mass is 10.1. The van der Waals surface area contributed by atoms with E-state index in [9.17, 15) is 14.0 Å². The minimum atomic E-state index is -0.437. The molecule has 0 spiro atoms. The normalized spacial score (nSPS) is 11.7. The number of methoxy groups -OCH3 is 1. The van der Waals surface area contributed by atoms with Gasteiger partial charge in [-0.1, -0.05) is 30.3 Å². The van der Waals surface area contributed by atoms with Crippen molar-refractivity contribution in [1.82, 2.24) is 15.1 Å². The van der Waals surface area contributed by atoms with Crippen LogP contribution < -0.4 is 15.6 Å². The molecule has 156 valence electrons. The highest BCUT2D eigenvalue weighted by atomic mass is 19.1. The summed E-state index contributed by atoms with van der Waals surface area (Å²) in [6.07, 6.45) is 1.63. The quantitative estimate of drug-likeness (QED) is 0.620. The first-order valence-electron chi connectivity index (χ1n) is 9.71. The van der Waals surface area contributed by atoms with Gasteiger partial charge in [-0.15, -0.1) is 0 Å². The van der Waals surface area contributed by atoms with Gasteiger partial charge in [0.05, 0.1) is 12.8 Å². The van der Waals surface area contributed by atoms with E-state index >= 15 is 0 Å². The summed E-state index contributed by atoms with van der Waals surface area (Å²) in [5.74, 6) is -0.437. The summed E-state index contributed by atoms with van der Waals surface area (Å²) in [4.78, 5) is 24.6. The molecular weight excluding hydrogens is 385 g/mol. The molecule has 0 aliphatic rings. The van der Waals surface area contributed by atoms with Crippen molar-refractivity contribution in [3.05, 3.63) is 82.4 Å². The van der Waals surface area contributed by atoms with Crippen LogP contribution in [0.4, 0.5) is 4.39 Å². The van der Waals surface area contributed by atoms with E-state index in [1.807, 2.05) is 37.3 Å². The number of benzene rings is 2. The number of halogens is 1. The second kappa shape index (κ2) is 9.82. The Labute approximate surface area is 174 Å². The molecule has 7 heteroatoms. The molecule has 6 nitrogen and oxygen atoms in total. The molecule has 30 heavy (non-hydrogen) atoms. The topological polar surface area (TPSA) is 73.2 Å². The molecule has 1 atom stereocenters. The van der Waals surface area contributed by atoms with Crippen LogP contribution in [0.3, 0.4) is 0 Å². The van der Waals surface area contributed by atoms with Gasteiger partial charge in [0, 0.05) is 23.7 Å². The predicted molar refractivity (Wildman–Crippen MR) is 113 cm³/mol. The Hall–Kier alpha value is -3.48. The first-order chi connectivity index (χ1) is 14.5. The summed E-state index contributed by atoms with van der Waals surface area (Å²) < 4.78 is 19.7. The average molecular weight is 409 g/mol. The first kappa shape index (κ1) is 21.2. The molecule has 0 saturated heterocycles. The van der Waals surface area contributed by atoms with Gasteiger partial charge < -0.3 is 10.1 Å². The van der Waals surface area contributed by atoms with Crippen LogP contribution in [-0.2, 0) is 17.8 Å². The standard InChI is InChI=1S/C23H24FN3O3/c1-16(8-9-17-6-4-3-5-7-17)25-22(28)15-27-23(29)13-12-20(26-27)19-11-10-18(24)14-21(19)30-2/h3-7,10-14,16H,8-9,15H2,1-2H3,(H,25,28)/t16-/m0/s1. The summed E-state index contributed by atoms with van der Waals surface area (Å²) in [5, 5.41) is 7.16. The van der Waals surface area contributed by atoms with Crippen molar-refractivity contribution in [2.45, 2.75) is 32.4 Å². The summed E-state index contributed by atoms with van der Waals surface area (Å²) in [7, 11) is 1.43. The van der Waals surface area contributed by atoms with Crippen LogP contribution in [-0.4, -0.2) is 28.8 Å². The Morgan fingerprint density at radius 1 is 1.17 bits per heavy atom. The van der Waals surface area contributed by atoms with Crippen molar-refractivity contribution in [2.24, 2.45) is 0 Å². The molecule has 0 unspecified atom stereocenters. The van der Waals surface area contributed by atoms with E-state index in [1.54, 1.807) is 0 Å². The monoisotopic (exact) mass is 409 g/mol. The van der Waals surface area contributed by atoms with Gasteiger partial charge in [0.1, 0.15) is 18.1 Å². The molecule has 1 aromatic heterocycles. The van der Waals surface area contributed by atoms with E-state index in [2.05, 4.69) is 10.4 Å². The highest BCUT2D eigenvalue weighted by Crippen LogP contribution is 2.28. The third kappa shape index (κ3) is 5.53. The summed E-state index contributed by atoms with van der Waals surface area (Å²) in [6.45, 7) is 1.72. The van der Waals surface area contributed by atoms with Crippen LogP contribution in [0, 0.1) is 5.82 Å². The lowest BCUT2D eigenvalue weighted by Gasteiger charge is -2.15. The van der Waals surface area contributed by atoms with Crippen molar-refractivity contribution in [2.75, 3.05) is 7.11 Å². The highest BCUT2D eigenvalue weighted by molar-refractivity contribution is 5.76. The number of amides is 1. The van der Waals surface area contributed by atoms with Gasteiger partial charge in [-0.25, -0.2) is 9.07 Å². The number of aryl methyl sites for hydroxylation is 1. The zero-order chi connectivity index (χ0) is 21.5. The van der Waals surface area contributed by atoms with Crippen molar-refractivity contribution in [3.63, 3.8) is 0 Å². The summed E-state index contributed by atoms with van der Waals surface area (Å²) in [5.41, 5.74) is 1.75. The Morgan fingerprint density at radius 3 is 2.67 bits per heavy atom. The molecule has 0 aliphatic heterocycles. The third-order valence-corrected chi connectivity index (χ3v) is 4.72. The van der Waals surface area contributed by atoms with Crippen LogP contribution >= 0.6 is 0 Å². The molecule has 0 bridgehead atoms. The maximum Gasteiger partial charge on any atom is 0.267 e. The lowest BCUT2D eigenvalue weighted by molar-refractivity contribution is -0.122. The number of nitrogens with zero attached hydrogens (tertiary/aromatic N) is 2. The van der Waals surface area contributed by atoms with E-state index in [4.69, 9.17) is 4.74 Å². The first-order valence-corrected chi connectivity index (χ1v) is 9.71. The molecule has 0 radical (unpaired) electrons. The average Bonchev–Trinajstić information content (AvgIpc) is 2.74. The Balaban J connectivity index is 1.67. The molecule has 3 aromatic rings. The van der Waals surface area contributed by atoms with Crippen LogP contribution in [0.2, 0.25) is 0 Å². The molecule has 1 heterocycles. The number of hydrogen-bond donors (Lipinski definition) is 1. The van der Waals surface area contributed by atoms with Crippen molar-refractivity contribution < 1.29 is 13.9 Å². The number of nitrogens with one attached hydrogen (secondary N) is 1. The van der Waals surface area contributed by atoms with Gasteiger partial charge in [0.25, 0.3) is 5.56 Å². The fraction of sp³-hybridized carbons (Fsp3) is 0.261. The Morgan fingerprint density at radius 2 is 1.93 bits per heavy atom. The van der Waals surface area contributed by atoms with Crippen molar-refractivity contribution >= 4 is 5.91 Å². The van der Waals surface area contributed by atoms with Crippen LogP contribution in [0.5, 0.6) is 5.75 Å². The van der Waals surface area contributed by atoms with Crippen LogP contribution in [0.15, 0.2) is 65.5 Å². The van der Waals surface area contributed by atoms with Gasteiger partial charge in [-0.3, -0.25) is 9.59 Å². The van der Waals surface area contributed by atoms with E-state index in [1.165, 1.54) is 43.0 Å². The van der Waals surface area contributed by atoms with E-state index in [0.29, 0.717) is 17.0 Å². The van der Waals surface area contributed by atoms with E-state index in [-0.39, 0.29) is 18.5 Å². The van der Waals surface area contributed by atoms with Crippen molar-refractivity contribution in [1.29, 1.82) is 0 Å². The SMILES string of the molecule is COc1cc(F)ccc1-c1ccc(=O)n(CC(=O)N[C@@H](C)CCc2ccccc2)n1. The molecule has 0 aliphatic carbocycles. The number of carbonyl (C=O) groups is 1. The number of aromatic nitrogens is 2. The molecule has 0 saturated carbocycles. The minimum Gasteiger partial charge on any atom is -0.496 e. The maximum atomic E-state index is 13.4. The lowest BCUT2D eigenvalue weighted by Crippen LogP contribution is -2.38. The molecule has 1 N–H and O–H groups in total. The number of rotatable bonds is 8. The maximum absolute atomic E-state index is 13.4. The number of carbonyl (C=O) groups excluding carboxylic acids is 1. The zero-order valence-corrected chi connectivity index (χ0v) is 17.0. The van der Waals surface area contributed by atoms with Gasteiger partial charge in [0.2, 0.25) is 5.91 Å². The highest BCUT2D eigenvalue weighted by Gasteiger charge is 2.13. The summed E-state index contributed by atoms with van der Waals surface area (Å²) >= 11 is 0.